The average molecular weight is 421 g/mol. The molecular weight excluding hydrogens is 384 g/mol. The Bertz CT molecular complexity index is 668. The number of piperazine rings is 1. The summed E-state index contributed by atoms with van der Waals surface area (Å²) in [5.41, 5.74) is 3.60. The van der Waals surface area contributed by atoms with Crippen molar-refractivity contribution in [3.63, 3.8) is 0 Å². The van der Waals surface area contributed by atoms with Gasteiger partial charge in [-0.3, -0.25) is 10.3 Å². The maximum absolute atomic E-state index is 13.0. The molecule has 8 heteroatoms. The average Bonchev–Trinajstić information content (AvgIpc) is 3.70. The molecule has 30 heavy (non-hydrogen) atoms. The van der Waals surface area contributed by atoms with E-state index in [1.807, 2.05) is 16.7 Å². The van der Waals surface area contributed by atoms with Crippen LogP contribution in [0.15, 0.2) is 0 Å². The van der Waals surface area contributed by atoms with Crippen LogP contribution in [-0.2, 0) is 9.47 Å². The first-order valence-corrected chi connectivity index (χ1v) is 11.8. The predicted octanol–water partition coefficient (Wildman–Crippen LogP) is 2.44. The molecule has 0 aromatic heterocycles. The second-order valence-corrected chi connectivity index (χ2v) is 10.1. The lowest BCUT2D eigenvalue weighted by Crippen LogP contribution is -2.67. The van der Waals surface area contributed by atoms with Gasteiger partial charge in [-0.25, -0.2) is 14.6 Å². The summed E-state index contributed by atoms with van der Waals surface area (Å²) in [6.45, 7) is 5.20. The maximum Gasteiger partial charge on any atom is 0.410 e. The third-order valence-electron chi connectivity index (χ3n) is 7.92. The zero-order valence-corrected chi connectivity index (χ0v) is 18.3. The smallest absolute Gasteiger partial charge is 0.410 e. The molecule has 0 radical (unpaired) electrons. The fourth-order valence-electron chi connectivity index (χ4n) is 5.87. The van der Waals surface area contributed by atoms with Crippen LogP contribution in [0.25, 0.3) is 0 Å². The Morgan fingerprint density at radius 3 is 2.47 bits per heavy atom. The Kier molecular flexibility index (Phi) is 5.56. The van der Waals surface area contributed by atoms with Crippen molar-refractivity contribution < 1.29 is 19.1 Å². The van der Waals surface area contributed by atoms with Crippen molar-refractivity contribution in [1.29, 1.82) is 0 Å². The summed E-state index contributed by atoms with van der Waals surface area (Å²) in [7, 11) is 1.45. The highest BCUT2D eigenvalue weighted by Crippen LogP contribution is 2.41. The number of carbonyl (C=O) groups is 2. The number of ether oxygens (including phenoxy) is 2. The molecule has 5 aliphatic rings. The van der Waals surface area contributed by atoms with Crippen LogP contribution in [0.4, 0.5) is 9.59 Å². The van der Waals surface area contributed by atoms with Gasteiger partial charge in [-0.2, -0.15) is 0 Å². The van der Waals surface area contributed by atoms with Gasteiger partial charge < -0.3 is 14.4 Å². The van der Waals surface area contributed by atoms with Crippen molar-refractivity contribution in [3.8, 4) is 0 Å². The largest absolute Gasteiger partial charge is 0.453 e. The number of methoxy groups -OCH3 is 1. The molecule has 2 aliphatic heterocycles. The molecule has 2 heterocycles. The molecule has 0 spiro atoms. The summed E-state index contributed by atoms with van der Waals surface area (Å²) >= 11 is 0. The van der Waals surface area contributed by atoms with E-state index in [-0.39, 0.29) is 30.3 Å². The Morgan fingerprint density at radius 1 is 0.967 bits per heavy atom. The lowest BCUT2D eigenvalue weighted by molar-refractivity contribution is -0.0409. The van der Waals surface area contributed by atoms with Crippen LogP contribution in [0.2, 0.25) is 0 Å². The molecule has 0 aromatic carbocycles. The molecule has 2 amide bonds. The van der Waals surface area contributed by atoms with Gasteiger partial charge in [0, 0.05) is 25.7 Å². The number of hydrogen-bond acceptors (Lipinski definition) is 6. The van der Waals surface area contributed by atoms with Crippen molar-refractivity contribution >= 4 is 12.2 Å². The van der Waals surface area contributed by atoms with Crippen LogP contribution in [-0.4, -0.2) is 84.5 Å². The Hall–Kier alpha value is -1.54. The van der Waals surface area contributed by atoms with Crippen LogP contribution in [0.1, 0.15) is 51.9 Å². The molecule has 168 valence electrons. The van der Waals surface area contributed by atoms with Crippen molar-refractivity contribution in [2.75, 3.05) is 33.4 Å². The third-order valence-corrected chi connectivity index (χ3v) is 7.92. The molecular formula is C22H36N4O4. The lowest BCUT2D eigenvalue weighted by Gasteiger charge is -2.53. The zero-order valence-electron chi connectivity index (χ0n) is 18.3. The fraction of sp³-hybridized carbons (Fsp3) is 0.909. The fourth-order valence-corrected chi connectivity index (χ4v) is 5.87. The number of fused-ring (bicyclic) bond motifs is 1. The van der Waals surface area contributed by atoms with E-state index in [0.717, 1.165) is 38.4 Å². The van der Waals surface area contributed by atoms with Crippen molar-refractivity contribution in [1.82, 2.24) is 20.2 Å². The monoisotopic (exact) mass is 420 g/mol. The molecule has 0 bridgehead atoms. The molecule has 0 aromatic rings. The predicted molar refractivity (Wildman–Crippen MR) is 111 cm³/mol. The highest BCUT2D eigenvalue weighted by Gasteiger charge is 2.50. The van der Waals surface area contributed by atoms with Gasteiger partial charge in [-0.1, -0.05) is 0 Å². The molecule has 5 rings (SSSR count). The first kappa shape index (κ1) is 20.4. The van der Waals surface area contributed by atoms with E-state index < -0.39 is 0 Å². The normalized spacial score (nSPS) is 37.1. The van der Waals surface area contributed by atoms with E-state index in [9.17, 15) is 9.59 Å². The summed E-state index contributed by atoms with van der Waals surface area (Å²) < 4.78 is 10.8. The van der Waals surface area contributed by atoms with Crippen LogP contribution in [0.3, 0.4) is 0 Å². The van der Waals surface area contributed by atoms with E-state index >= 15 is 0 Å². The number of hydrazine groups is 1. The lowest BCUT2D eigenvalue weighted by atomic mass is 9.73. The number of hydrogen-bond donors (Lipinski definition) is 1. The Morgan fingerprint density at radius 2 is 1.77 bits per heavy atom. The van der Waals surface area contributed by atoms with Gasteiger partial charge in [0.15, 0.2) is 0 Å². The van der Waals surface area contributed by atoms with Gasteiger partial charge in [0.05, 0.1) is 31.8 Å². The highest BCUT2D eigenvalue weighted by molar-refractivity contribution is 5.71. The van der Waals surface area contributed by atoms with Crippen LogP contribution in [0.5, 0.6) is 0 Å². The third kappa shape index (κ3) is 4.00. The van der Waals surface area contributed by atoms with E-state index in [1.54, 1.807) is 0 Å². The first-order valence-electron chi connectivity index (χ1n) is 11.8. The number of carbonyl (C=O) groups excluding carboxylic acids is 2. The van der Waals surface area contributed by atoms with E-state index in [2.05, 4.69) is 10.4 Å². The molecule has 2 saturated heterocycles. The number of rotatable bonds is 4. The minimum Gasteiger partial charge on any atom is -0.453 e. The van der Waals surface area contributed by atoms with Gasteiger partial charge in [-0.05, 0) is 69.6 Å². The standard InChI is InChI=1S/C22H36N4O4/c1-14-11-24(21(27)30-13-15-3-4-15)20-9-16(5-8-19(20)26(14)22(28)29-2)17-10-23-25(12-17)18-6-7-18/h14-20,23H,3-13H2,1-2H3/t14-,16?,17?,19?,20?/m0/s1. The quantitative estimate of drug-likeness (QED) is 0.753. The summed E-state index contributed by atoms with van der Waals surface area (Å²) in [5.74, 6) is 1.73. The van der Waals surface area contributed by atoms with Gasteiger partial charge in [-0.15, -0.1) is 0 Å². The van der Waals surface area contributed by atoms with Crippen molar-refractivity contribution in [3.05, 3.63) is 0 Å². The van der Waals surface area contributed by atoms with Crippen molar-refractivity contribution in [2.24, 2.45) is 17.8 Å². The number of nitrogens with one attached hydrogen (secondary N) is 1. The molecule has 3 aliphatic carbocycles. The van der Waals surface area contributed by atoms with Crippen molar-refractivity contribution in [2.45, 2.75) is 76.0 Å². The van der Waals surface area contributed by atoms with E-state index in [1.165, 1.54) is 32.8 Å². The zero-order chi connectivity index (χ0) is 20.8. The minimum absolute atomic E-state index is 0.0137. The maximum atomic E-state index is 13.0. The summed E-state index contributed by atoms with van der Waals surface area (Å²) in [5, 5.41) is 2.43. The second-order valence-electron chi connectivity index (χ2n) is 10.1. The summed E-state index contributed by atoms with van der Waals surface area (Å²) in [6.07, 6.45) is 7.43. The molecule has 8 nitrogen and oxygen atoms in total. The topological polar surface area (TPSA) is 74.4 Å². The van der Waals surface area contributed by atoms with Crippen LogP contribution >= 0.6 is 0 Å². The first-order chi connectivity index (χ1) is 14.5. The molecule has 4 unspecified atom stereocenters. The van der Waals surface area contributed by atoms with E-state index in [0.29, 0.717) is 30.9 Å². The summed E-state index contributed by atoms with van der Waals surface area (Å²) in [4.78, 5) is 29.4. The number of nitrogens with zero attached hydrogens (tertiary/aromatic N) is 3. The molecule has 5 fully saturated rings. The number of amides is 2. The van der Waals surface area contributed by atoms with Gasteiger partial charge in [0.1, 0.15) is 0 Å². The highest BCUT2D eigenvalue weighted by atomic mass is 16.6. The Labute approximate surface area is 179 Å². The van der Waals surface area contributed by atoms with Crippen LogP contribution < -0.4 is 5.43 Å². The SMILES string of the molecule is COC(=O)N1C2CCC(C3CNN(C4CC4)C3)CC2N(C(=O)OCC2CC2)C[C@@H]1C. The second kappa shape index (κ2) is 8.19. The van der Waals surface area contributed by atoms with Gasteiger partial charge >= 0.3 is 12.2 Å². The summed E-state index contributed by atoms with van der Waals surface area (Å²) in [6, 6.07) is 0.688. The molecule has 3 saturated carbocycles. The molecule has 1 N–H and O–H groups in total. The minimum atomic E-state index is -0.274. The van der Waals surface area contributed by atoms with Crippen LogP contribution in [0, 0.1) is 17.8 Å². The van der Waals surface area contributed by atoms with Gasteiger partial charge in [0.25, 0.3) is 0 Å². The Balaban J connectivity index is 1.30. The molecule has 5 atom stereocenters. The van der Waals surface area contributed by atoms with E-state index in [4.69, 9.17) is 9.47 Å². The van der Waals surface area contributed by atoms with Gasteiger partial charge in [0.2, 0.25) is 0 Å².